The van der Waals surface area contributed by atoms with Crippen molar-refractivity contribution in [2.45, 2.75) is 57.3 Å². The van der Waals surface area contributed by atoms with Crippen molar-refractivity contribution >= 4 is 40.1 Å². The zero-order chi connectivity index (χ0) is 31.1. The largest absolute Gasteiger partial charge is 0.341 e. The van der Waals surface area contributed by atoms with Crippen LogP contribution in [-0.4, -0.2) is 65.3 Å². The number of amides is 4. The summed E-state index contributed by atoms with van der Waals surface area (Å²) in [5, 5.41) is 6.73. The van der Waals surface area contributed by atoms with Crippen molar-refractivity contribution in [3.63, 3.8) is 0 Å². The molecular formula is C33H34FN5O4. The molecule has 4 amide bonds. The Morgan fingerprint density at radius 2 is 1.88 bits per heavy atom. The Morgan fingerprint density at radius 1 is 1.14 bits per heavy atom. The molecule has 2 heterocycles. The third-order valence-corrected chi connectivity index (χ3v) is 8.49. The molecule has 0 unspecified atom stereocenters. The van der Waals surface area contributed by atoms with Crippen LogP contribution in [0, 0.1) is 18.3 Å². The lowest BCUT2D eigenvalue weighted by Crippen LogP contribution is -2.55. The van der Waals surface area contributed by atoms with Gasteiger partial charge >= 0.3 is 6.17 Å². The number of nitrogens with one attached hydrogen (secondary N) is 2. The molecule has 0 aromatic heterocycles. The summed E-state index contributed by atoms with van der Waals surface area (Å²) in [6.07, 6.45) is -0.373. The van der Waals surface area contributed by atoms with Gasteiger partial charge in [0.05, 0.1) is 6.42 Å². The normalized spacial score (nSPS) is 20.4. The van der Waals surface area contributed by atoms with E-state index in [1.165, 1.54) is 35.0 Å². The molecule has 0 radical (unpaired) electrons. The molecule has 2 aliphatic heterocycles. The van der Waals surface area contributed by atoms with Gasteiger partial charge < -0.3 is 15.5 Å². The van der Waals surface area contributed by atoms with Crippen molar-refractivity contribution in [1.29, 1.82) is 0 Å². The first-order chi connectivity index (χ1) is 20.5. The van der Waals surface area contributed by atoms with Crippen LogP contribution < -0.4 is 10.6 Å². The maximum atomic E-state index is 14.1. The fraction of sp³-hybridized carbons (Fsp3) is 0.364. The minimum absolute atomic E-state index is 0.0311. The second-order valence-corrected chi connectivity index (χ2v) is 11.8. The molecule has 1 spiro atoms. The van der Waals surface area contributed by atoms with E-state index < -0.39 is 47.2 Å². The van der Waals surface area contributed by atoms with Gasteiger partial charge in [-0.25, -0.2) is 11.0 Å². The summed E-state index contributed by atoms with van der Waals surface area (Å²) in [5.41, 5.74) is 0.709. The van der Waals surface area contributed by atoms with Crippen molar-refractivity contribution in [3.05, 3.63) is 89.0 Å². The van der Waals surface area contributed by atoms with Gasteiger partial charge in [-0.05, 0) is 59.9 Å². The third-order valence-electron chi connectivity index (χ3n) is 8.49. The molecule has 3 aromatic carbocycles. The quantitative estimate of drug-likeness (QED) is 0.404. The van der Waals surface area contributed by atoms with Crippen LogP contribution in [0.4, 0.5) is 10.1 Å². The molecule has 2 N–H and O–H groups in total. The first-order valence-corrected chi connectivity index (χ1v) is 14.3. The molecule has 43 heavy (non-hydrogen) atoms. The van der Waals surface area contributed by atoms with Crippen LogP contribution in [0.5, 0.6) is 0 Å². The highest BCUT2D eigenvalue weighted by Crippen LogP contribution is 2.47. The van der Waals surface area contributed by atoms with Gasteiger partial charge in [-0.3, -0.25) is 28.9 Å². The molecule has 0 aliphatic carbocycles. The highest BCUT2D eigenvalue weighted by Gasteiger charge is 2.59. The Labute approximate surface area is 249 Å². The molecule has 0 saturated carbocycles. The van der Waals surface area contributed by atoms with Gasteiger partial charge in [0.2, 0.25) is 11.8 Å². The van der Waals surface area contributed by atoms with Crippen LogP contribution in [0.25, 0.3) is 15.6 Å². The molecule has 1 saturated heterocycles. The van der Waals surface area contributed by atoms with E-state index in [2.05, 4.69) is 15.5 Å². The minimum Gasteiger partial charge on any atom is -0.341 e. The standard InChI is InChI=1S/C33H34FN5O4/c1-19(2)15-27(31(42)39-18-33(17-28(39)35-4)25-11-6-7-12-26(25)37-32(33)43)38(5)30(41)20(3)36-29(40)24-10-8-9-21-16-22(34)13-14-23(21)24/h6-14,16,19-20,27-28H,15,17-18H2,1-3,5H3,(H,36,40)(H,37,43)/t20-,27-,28-,33-/m0/s1. The summed E-state index contributed by atoms with van der Waals surface area (Å²) in [7, 11) is 1.52. The highest BCUT2D eigenvalue weighted by atomic mass is 19.1. The molecule has 2 aliphatic rings. The number of anilines is 1. The number of rotatable bonds is 7. The summed E-state index contributed by atoms with van der Waals surface area (Å²) < 4.78 is 13.7. The number of likely N-dealkylation sites (N-methyl/N-ethyl adjacent to an activating group) is 1. The van der Waals surface area contributed by atoms with Crippen molar-refractivity contribution in [1.82, 2.24) is 15.1 Å². The van der Waals surface area contributed by atoms with E-state index in [-0.39, 0.29) is 24.8 Å². The summed E-state index contributed by atoms with van der Waals surface area (Å²) in [6.45, 7) is 13.3. The van der Waals surface area contributed by atoms with Gasteiger partial charge in [0.25, 0.3) is 11.8 Å². The predicted octanol–water partition coefficient (Wildman–Crippen LogP) is 4.34. The van der Waals surface area contributed by atoms with Gasteiger partial charge in [0.15, 0.2) is 0 Å². The molecule has 10 heteroatoms. The smallest absolute Gasteiger partial charge is 0.302 e. The van der Waals surface area contributed by atoms with Gasteiger partial charge in [-0.1, -0.05) is 50.2 Å². The van der Waals surface area contributed by atoms with Crippen molar-refractivity contribution < 1.29 is 23.6 Å². The predicted molar refractivity (Wildman–Crippen MR) is 160 cm³/mol. The molecule has 4 atom stereocenters. The lowest BCUT2D eigenvalue weighted by Gasteiger charge is -2.33. The first-order valence-electron chi connectivity index (χ1n) is 14.3. The van der Waals surface area contributed by atoms with Crippen LogP contribution in [0.1, 0.15) is 49.5 Å². The summed E-state index contributed by atoms with van der Waals surface area (Å²) >= 11 is 0. The third kappa shape index (κ3) is 5.31. The monoisotopic (exact) mass is 583 g/mol. The van der Waals surface area contributed by atoms with Crippen LogP contribution >= 0.6 is 0 Å². The van der Waals surface area contributed by atoms with Crippen LogP contribution in [0.15, 0.2) is 60.7 Å². The number of likely N-dealkylation sites (tertiary alicyclic amines) is 1. The topological polar surface area (TPSA) is 103 Å². The van der Waals surface area contributed by atoms with Crippen LogP contribution in [0.3, 0.4) is 0 Å². The number of hydrogen-bond donors (Lipinski definition) is 2. The van der Waals surface area contributed by atoms with E-state index in [0.29, 0.717) is 28.4 Å². The van der Waals surface area contributed by atoms with E-state index in [4.69, 9.17) is 6.57 Å². The Bertz CT molecular complexity index is 1670. The molecule has 0 bridgehead atoms. The number of carbonyl (C=O) groups is 4. The molecule has 222 valence electrons. The van der Waals surface area contributed by atoms with Gasteiger partial charge in [-0.15, -0.1) is 0 Å². The van der Waals surface area contributed by atoms with Gasteiger partial charge in [0.1, 0.15) is 23.3 Å². The number of hydrogen-bond acceptors (Lipinski definition) is 4. The SMILES string of the molecule is [C-]#[N+][C@@H]1C[C@@]2(CN1C(=O)[C@H](CC(C)C)N(C)C(=O)[C@H](C)NC(=O)c1cccc3cc(F)ccc13)C(=O)Nc1ccccc12. The average molecular weight is 584 g/mol. The highest BCUT2D eigenvalue weighted by molar-refractivity contribution is 6.09. The maximum absolute atomic E-state index is 14.1. The second kappa shape index (κ2) is 11.5. The fourth-order valence-corrected chi connectivity index (χ4v) is 6.27. The molecule has 9 nitrogen and oxygen atoms in total. The van der Waals surface area contributed by atoms with Gasteiger partial charge in [-0.2, -0.15) is 0 Å². The van der Waals surface area contributed by atoms with E-state index in [9.17, 15) is 23.6 Å². The summed E-state index contributed by atoms with van der Waals surface area (Å²) in [5.74, 6) is -2.01. The van der Waals surface area contributed by atoms with E-state index in [1.54, 1.807) is 31.2 Å². The zero-order valence-electron chi connectivity index (χ0n) is 24.6. The Morgan fingerprint density at radius 3 is 2.60 bits per heavy atom. The van der Waals surface area contributed by atoms with E-state index in [0.717, 1.165) is 5.56 Å². The van der Waals surface area contributed by atoms with E-state index >= 15 is 0 Å². The number of fused-ring (bicyclic) bond motifs is 3. The second-order valence-electron chi connectivity index (χ2n) is 11.8. The van der Waals surface area contributed by atoms with Crippen LogP contribution in [-0.2, 0) is 19.8 Å². The van der Waals surface area contributed by atoms with E-state index in [1.807, 2.05) is 32.0 Å². The Hall–Kier alpha value is -4.78. The number of carbonyl (C=O) groups excluding carboxylic acids is 4. The minimum atomic E-state index is -1.03. The maximum Gasteiger partial charge on any atom is 0.302 e. The lowest BCUT2D eigenvalue weighted by molar-refractivity contribution is -0.146. The number of para-hydroxylation sites is 1. The summed E-state index contributed by atoms with van der Waals surface area (Å²) in [6, 6.07) is 14.5. The average Bonchev–Trinajstić information content (AvgIpc) is 3.51. The van der Waals surface area contributed by atoms with Crippen molar-refractivity contribution in [2.24, 2.45) is 5.92 Å². The Balaban J connectivity index is 1.36. The van der Waals surface area contributed by atoms with Crippen molar-refractivity contribution in [3.8, 4) is 0 Å². The molecule has 1 fully saturated rings. The first kappa shape index (κ1) is 29.7. The van der Waals surface area contributed by atoms with Crippen LogP contribution in [0.2, 0.25) is 0 Å². The number of benzene rings is 3. The molecule has 3 aromatic rings. The summed E-state index contributed by atoms with van der Waals surface area (Å²) in [4.78, 5) is 60.7. The zero-order valence-corrected chi connectivity index (χ0v) is 24.6. The lowest BCUT2D eigenvalue weighted by atomic mass is 9.80. The number of halogens is 1. The number of nitrogens with zero attached hydrogens (tertiary/aromatic N) is 3. The van der Waals surface area contributed by atoms with Crippen molar-refractivity contribution in [2.75, 3.05) is 18.9 Å². The van der Waals surface area contributed by atoms with Gasteiger partial charge in [0, 0.05) is 24.8 Å². The fourth-order valence-electron chi connectivity index (χ4n) is 6.27. The molecular weight excluding hydrogens is 549 g/mol. The molecule has 5 rings (SSSR count). The Kier molecular flexibility index (Phi) is 7.93.